The van der Waals surface area contributed by atoms with Gasteiger partial charge in [-0.25, -0.2) is 4.79 Å². The van der Waals surface area contributed by atoms with Gasteiger partial charge >= 0.3 is 5.97 Å². The van der Waals surface area contributed by atoms with Crippen LogP contribution in [-0.2, 0) is 31.8 Å². The van der Waals surface area contributed by atoms with Gasteiger partial charge in [-0.2, -0.15) is 0 Å². The Morgan fingerprint density at radius 2 is 1.50 bits per heavy atom. The van der Waals surface area contributed by atoms with E-state index in [4.69, 9.17) is 18.9 Å². The summed E-state index contributed by atoms with van der Waals surface area (Å²) in [6.07, 6.45) is 6.24. The average Bonchev–Trinajstić information content (AvgIpc) is 3.23. The summed E-state index contributed by atoms with van der Waals surface area (Å²) < 4.78 is 23.6. The Morgan fingerprint density at radius 1 is 0.739 bits per heavy atom. The van der Waals surface area contributed by atoms with Gasteiger partial charge in [0, 0.05) is 18.9 Å². The van der Waals surface area contributed by atoms with Crippen molar-refractivity contribution in [2.24, 2.45) is 0 Å². The van der Waals surface area contributed by atoms with Gasteiger partial charge in [0.2, 0.25) is 0 Å². The van der Waals surface area contributed by atoms with Gasteiger partial charge in [0.25, 0.3) is 0 Å². The van der Waals surface area contributed by atoms with Crippen LogP contribution >= 0.6 is 0 Å². The molecule has 3 unspecified atom stereocenters. The summed E-state index contributed by atoms with van der Waals surface area (Å²) in [7, 11) is 0. The number of rotatable bonds is 15. The molecule has 0 aromatic heterocycles. The first kappa shape index (κ1) is 33.2. The second kappa shape index (κ2) is 16.4. The zero-order valence-corrected chi connectivity index (χ0v) is 27.5. The minimum absolute atomic E-state index is 0.219. The number of hydrogen-bond donors (Lipinski definition) is 0. The topological polar surface area (TPSA) is 54.0 Å². The Labute approximate surface area is 274 Å². The van der Waals surface area contributed by atoms with Gasteiger partial charge in [-0.05, 0) is 76.9 Å². The van der Waals surface area contributed by atoms with Gasteiger partial charge in [0.15, 0.2) is 6.10 Å². The van der Waals surface area contributed by atoms with Crippen molar-refractivity contribution in [3.8, 4) is 5.75 Å². The van der Waals surface area contributed by atoms with Crippen LogP contribution in [0.2, 0.25) is 0 Å². The molecule has 4 aromatic carbocycles. The van der Waals surface area contributed by atoms with Gasteiger partial charge in [0.1, 0.15) is 18.5 Å². The molecule has 46 heavy (non-hydrogen) atoms. The lowest BCUT2D eigenvalue weighted by atomic mass is 9.88. The standard InChI is InChI=1S/C41H46O5/c1-5-11-30-16-23-37-35(26-30)20-18-33-17-19-34(29(4)32-12-9-8-10-13-32)28-38(33)40(37)46-25-24-45-36-21-14-31(15-22-36)27-39(43-6-2)41(42)44-7-3/h8-10,12-23,26,28-29,39-40H,5-7,11,24-25,27H2,1-4H3. The molecule has 0 saturated carbocycles. The minimum Gasteiger partial charge on any atom is -0.491 e. The van der Waals surface area contributed by atoms with Crippen LogP contribution in [0.5, 0.6) is 5.75 Å². The SMILES string of the molecule is CCCc1ccc2c(c1)C=Cc1ccc(C(C)c3ccccc3)cc1C2OCCOc1ccc(CC(OCC)C(=O)OCC)cc1. The predicted molar refractivity (Wildman–Crippen MR) is 185 cm³/mol. The van der Waals surface area contributed by atoms with Gasteiger partial charge in [0.05, 0.1) is 13.2 Å². The van der Waals surface area contributed by atoms with Crippen molar-refractivity contribution in [2.45, 2.75) is 65.1 Å². The molecule has 0 saturated heterocycles. The molecule has 0 amide bonds. The molecule has 4 aromatic rings. The molecule has 5 nitrogen and oxygen atoms in total. The third-order valence-corrected chi connectivity index (χ3v) is 8.51. The molecule has 0 aliphatic heterocycles. The van der Waals surface area contributed by atoms with Crippen LogP contribution in [0.1, 0.15) is 90.6 Å². The fourth-order valence-electron chi connectivity index (χ4n) is 6.06. The van der Waals surface area contributed by atoms with Crippen molar-refractivity contribution in [3.63, 3.8) is 0 Å². The number of esters is 1. The normalized spacial score (nSPS) is 14.9. The van der Waals surface area contributed by atoms with E-state index >= 15 is 0 Å². The zero-order valence-electron chi connectivity index (χ0n) is 27.5. The summed E-state index contributed by atoms with van der Waals surface area (Å²) in [5.41, 5.74) is 9.61. The summed E-state index contributed by atoms with van der Waals surface area (Å²) >= 11 is 0. The maximum atomic E-state index is 12.3. The second-order valence-electron chi connectivity index (χ2n) is 11.7. The Hall–Kier alpha value is -4.19. The molecule has 240 valence electrons. The van der Waals surface area contributed by atoms with E-state index in [2.05, 4.69) is 92.7 Å². The van der Waals surface area contributed by atoms with Crippen molar-refractivity contribution >= 4 is 18.1 Å². The molecule has 5 heteroatoms. The fourth-order valence-corrected chi connectivity index (χ4v) is 6.06. The third kappa shape index (κ3) is 8.34. The van der Waals surface area contributed by atoms with E-state index in [1.165, 1.54) is 38.9 Å². The molecule has 0 spiro atoms. The lowest BCUT2D eigenvalue weighted by Crippen LogP contribution is -2.28. The average molecular weight is 619 g/mol. The molecule has 0 N–H and O–H groups in total. The second-order valence-corrected chi connectivity index (χ2v) is 11.7. The summed E-state index contributed by atoms with van der Waals surface area (Å²) in [6, 6.07) is 32.0. The molecule has 5 rings (SSSR count). The van der Waals surface area contributed by atoms with E-state index in [0.29, 0.717) is 32.8 Å². The molecule has 0 radical (unpaired) electrons. The van der Waals surface area contributed by atoms with Gasteiger partial charge in [-0.1, -0.05) is 111 Å². The Bertz CT molecular complexity index is 1590. The Balaban J connectivity index is 1.30. The smallest absolute Gasteiger partial charge is 0.335 e. The van der Waals surface area contributed by atoms with Gasteiger partial charge < -0.3 is 18.9 Å². The molecular formula is C41H46O5. The van der Waals surface area contributed by atoms with E-state index < -0.39 is 6.10 Å². The number of ether oxygens (including phenoxy) is 4. The van der Waals surface area contributed by atoms with Crippen LogP contribution in [0.3, 0.4) is 0 Å². The number of fused-ring (bicyclic) bond motifs is 2. The minimum atomic E-state index is -0.612. The molecular weight excluding hydrogens is 572 g/mol. The maximum Gasteiger partial charge on any atom is 0.335 e. The van der Waals surface area contributed by atoms with Crippen molar-refractivity contribution < 1.29 is 23.7 Å². The van der Waals surface area contributed by atoms with E-state index in [0.717, 1.165) is 24.2 Å². The predicted octanol–water partition coefficient (Wildman–Crippen LogP) is 8.97. The van der Waals surface area contributed by atoms with Gasteiger partial charge in [-0.3, -0.25) is 0 Å². The highest BCUT2D eigenvalue weighted by Gasteiger charge is 2.24. The van der Waals surface area contributed by atoms with E-state index in [-0.39, 0.29) is 18.0 Å². The summed E-state index contributed by atoms with van der Waals surface area (Å²) in [5, 5.41) is 0. The Kier molecular flexibility index (Phi) is 11.8. The van der Waals surface area contributed by atoms with Crippen molar-refractivity contribution in [3.05, 3.63) is 136 Å². The van der Waals surface area contributed by atoms with Gasteiger partial charge in [-0.15, -0.1) is 0 Å². The van der Waals surface area contributed by atoms with Crippen molar-refractivity contribution in [1.29, 1.82) is 0 Å². The quantitative estimate of drug-likeness (QED) is 0.0983. The van der Waals surface area contributed by atoms with Crippen LogP contribution in [0.4, 0.5) is 0 Å². The number of hydrogen-bond acceptors (Lipinski definition) is 5. The highest BCUT2D eigenvalue weighted by molar-refractivity contribution is 5.77. The molecule has 0 bridgehead atoms. The maximum absolute atomic E-state index is 12.3. The Morgan fingerprint density at radius 3 is 2.24 bits per heavy atom. The molecule has 1 aliphatic carbocycles. The fraction of sp³-hybridized carbons (Fsp3) is 0.341. The first-order valence-corrected chi connectivity index (χ1v) is 16.6. The van der Waals surface area contributed by atoms with E-state index in [1.54, 1.807) is 6.92 Å². The highest BCUT2D eigenvalue weighted by atomic mass is 16.6. The van der Waals surface area contributed by atoms with Crippen LogP contribution in [0.15, 0.2) is 91.0 Å². The number of carbonyl (C=O) groups excluding carboxylic acids is 1. The number of benzene rings is 4. The molecule has 3 atom stereocenters. The van der Waals surface area contributed by atoms with Crippen molar-refractivity contribution in [2.75, 3.05) is 26.4 Å². The van der Waals surface area contributed by atoms with Crippen LogP contribution in [-0.4, -0.2) is 38.5 Å². The van der Waals surface area contributed by atoms with Crippen LogP contribution in [0, 0.1) is 0 Å². The zero-order chi connectivity index (χ0) is 32.3. The lowest BCUT2D eigenvalue weighted by Gasteiger charge is -2.23. The molecule has 0 heterocycles. The molecule has 1 aliphatic rings. The summed E-state index contributed by atoms with van der Waals surface area (Å²) in [5.74, 6) is 0.683. The summed E-state index contributed by atoms with van der Waals surface area (Å²) in [4.78, 5) is 12.3. The molecule has 0 fully saturated rings. The van der Waals surface area contributed by atoms with E-state index in [9.17, 15) is 4.79 Å². The lowest BCUT2D eigenvalue weighted by molar-refractivity contribution is -0.156. The van der Waals surface area contributed by atoms with E-state index in [1.807, 2.05) is 31.2 Å². The number of carbonyl (C=O) groups is 1. The monoisotopic (exact) mass is 618 g/mol. The van der Waals surface area contributed by atoms with Crippen LogP contribution < -0.4 is 4.74 Å². The highest BCUT2D eigenvalue weighted by Crippen LogP contribution is 2.38. The first-order chi connectivity index (χ1) is 22.5. The first-order valence-electron chi connectivity index (χ1n) is 16.6. The summed E-state index contributed by atoms with van der Waals surface area (Å²) in [6.45, 7) is 9.77. The number of aryl methyl sites for hydroxylation is 1. The largest absolute Gasteiger partial charge is 0.491 e. The third-order valence-electron chi connectivity index (χ3n) is 8.51. The van der Waals surface area contributed by atoms with Crippen LogP contribution in [0.25, 0.3) is 12.2 Å². The van der Waals surface area contributed by atoms with Crippen molar-refractivity contribution in [1.82, 2.24) is 0 Å².